The van der Waals surface area contributed by atoms with E-state index in [4.69, 9.17) is 4.74 Å². The maximum Gasteiger partial charge on any atom is 0.298 e. The molecule has 0 saturated heterocycles. The molecule has 2 aromatic rings. The van der Waals surface area contributed by atoms with Gasteiger partial charge in [0.15, 0.2) is 5.75 Å². The Balaban J connectivity index is 1.84. The number of ether oxygens (including phenoxy) is 1. The van der Waals surface area contributed by atoms with Gasteiger partial charge in [-0.15, -0.1) is 0 Å². The maximum absolute atomic E-state index is 10.7. The average Bonchev–Trinajstić information content (AvgIpc) is 3.13. The van der Waals surface area contributed by atoms with Gasteiger partial charge in [-0.1, -0.05) is 0 Å². The van der Waals surface area contributed by atoms with Crippen molar-refractivity contribution in [2.24, 2.45) is 0 Å². The van der Waals surface area contributed by atoms with Crippen molar-refractivity contribution in [1.29, 1.82) is 0 Å². The highest BCUT2D eigenvalue weighted by Crippen LogP contribution is 2.40. The molecule has 1 aromatic heterocycles. The summed E-state index contributed by atoms with van der Waals surface area (Å²) in [5.74, 6) is 1.73. The fourth-order valence-electron chi connectivity index (χ4n) is 1.55. The van der Waals surface area contributed by atoms with Crippen molar-refractivity contribution < 1.29 is 9.66 Å². The molecule has 0 unspecified atom stereocenters. The number of aromatic nitrogens is 2. The Morgan fingerprint density at radius 3 is 2.95 bits per heavy atom. The fourth-order valence-corrected chi connectivity index (χ4v) is 2.62. The second-order valence-corrected chi connectivity index (χ2v) is 6.04. The van der Waals surface area contributed by atoms with Crippen LogP contribution in [-0.4, -0.2) is 14.3 Å². The predicted octanol–water partition coefficient (Wildman–Crippen LogP) is 3.72. The Hall–Kier alpha value is -1.29. The highest BCUT2D eigenvalue weighted by molar-refractivity contribution is 14.1. The van der Waals surface area contributed by atoms with Crippen molar-refractivity contribution in [2.75, 3.05) is 0 Å². The average molecular weight is 389 g/mol. The van der Waals surface area contributed by atoms with Crippen molar-refractivity contribution in [1.82, 2.24) is 9.36 Å². The van der Waals surface area contributed by atoms with Crippen LogP contribution >= 0.6 is 34.1 Å². The molecule has 0 bridgehead atoms. The van der Waals surface area contributed by atoms with Crippen LogP contribution in [-0.2, 0) is 0 Å². The van der Waals surface area contributed by atoms with E-state index in [1.165, 1.54) is 23.7 Å². The molecular formula is C11H8IN3O3S. The quantitative estimate of drug-likeness (QED) is 0.453. The second kappa shape index (κ2) is 5.00. The van der Waals surface area contributed by atoms with Gasteiger partial charge in [0.05, 0.1) is 14.6 Å². The molecule has 0 atom stereocenters. The molecule has 6 nitrogen and oxygen atoms in total. The number of hydrogen-bond acceptors (Lipinski definition) is 6. The van der Waals surface area contributed by atoms with Crippen molar-refractivity contribution >= 4 is 39.8 Å². The van der Waals surface area contributed by atoms with Gasteiger partial charge in [0.2, 0.25) is 0 Å². The first kappa shape index (κ1) is 12.7. The van der Waals surface area contributed by atoms with Gasteiger partial charge in [-0.25, -0.2) is 0 Å². The summed E-state index contributed by atoms with van der Waals surface area (Å²) in [6.07, 6.45) is 2.26. The lowest BCUT2D eigenvalue weighted by atomic mass is 10.3. The highest BCUT2D eigenvalue weighted by atomic mass is 127. The zero-order valence-electron chi connectivity index (χ0n) is 9.58. The third kappa shape index (κ3) is 2.84. The number of benzene rings is 1. The van der Waals surface area contributed by atoms with Crippen molar-refractivity contribution in [2.45, 2.75) is 18.8 Å². The normalized spacial score (nSPS) is 14.4. The van der Waals surface area contributed by atoms with Gasteiger partial charge in [-0.2, -0.15) is 9.36 Å². The number of halogens is 1. The molecule has 1 fully saturated rings. The Kier molecular flexibility index (Phi) is 3.35. The first-order valence-corrected chi connectivity index (χ1v) is 7.44. The van der Waals surface area contributed by atoms with Crippen LogP contribution in [0.5, 0.6) is 10.9 Å². The molecule has 1 saturated carbocycles. The van der Waals surface area contributed by atoms with E-state index < -0.39 is 4.92 Å². The molecule has 0 radical (unpaired) electrons. The number of hydrogen-bond donors (Lipinski definition) is 0. The summed E-state index contributed by atoms with van der Waals surface area (Å²) in [5.41, 5.74) is 0.00217. The van der Waals surface area contributed by atoms with Crippen LogP contribution < -0.4 is 4.74 Å². The topological polar surface area (TPSA) is 78.2 Å². The molecule has 0 N–H and O–H groups in total. The molecule has 98 valence electrons. The van der Waals surface area contributed by atoms with Crippen LogP contribution in [0.2, 0.25) is 0 Å². The Morgan fingerprint density at radius 2 is 2.26 bits per heavy atom. The van der Waals surface area contributed by atoms with Gasteiger partial charge in [-0.3, -0.25) is 10.1 Å². The van der Waals surface area contributed by atoms with Gasteiger partial charge >= 0.3 is 0 Å². The minimum atomic E-state index is -0.446. The number of nitrogens with zero attached hydrogens (tertiary/aromatic N) is 3. The lowest BCUT2D eigenvalue weighted by Gasteiger charge is -2.03. The van der Waals surface area contributed by atoms with E-state index in [9.17, 15) is 10.1 Å². The zero-order chi connectivity index (χ0) is 13.4. The molecular weight excluding hydrogens is 381 g/mol. The van der Waals surface area contributed by atoms with Crippen molar-refractivity contribution in [3.63, 3.8) is 0 Å². The van der Waals surface area contributed by atoms with Crippen LogP contribution in [0.15, 0.2) is 18.2 Å². The van der Waals surface area contributed by atoms with Gasteiger partial charge in [0, 0.05) is 23.5 Å². The Morgan fingerprint density at radius 1 is 1.47 bits per heavy atom. The highest BCUT2D eigenvalue weighted by Gasteiger charge is 2.28. The molecule has 8 heteroatoms. The molecule has 1 heterocycles. The van der Waals surface area contributed by atoms with E-state index >= 15 is 0 Å². The maximum atomic E-state index is 10.7. The molecule has 0 amide bonds. The predicted molar refractivity (Wildman–Crippen MR) is 77.8 cm³/mol. The fraction of sp³-hybridized carbons (Fsp3) is 0.273. The van der Waals surface area contributed by atoms with Crippen LogP contribution in [0.25, 0.3) is 0 Å². The second-order valence-electron chi connectivity index (χ2n) is 4.17. The van der Waals surface area contributed by atoms with Crippen LogP contribution in [0, 0.1) is 13.7 Å². The standard InChI is InChI=1S/C11H8IN3O3S/c12-8-4-3-7(15(16)17)5-9(8)18-11-13-10(14-19-11)6-1-2-6/h3-6H,1-2H2. The van der Waals surface area contributed by atoms with Crippen LogP contribution in [0.1, 0.15) is 24.6 Å². The van der Waals surface area contributed by atoms with E-state index in [-0.39, 0.29) is 5.69 Å². The van der Waals surface area contributed by atoms with Gasteiger partial charge in [-0.05, 0) is 41.5 Å². The largest absolute Gasteiger partial charge is 0.428 e. The molecule has 3 rings (SSSR count). The molecule has 1 aliphatic carbocycles. The van der Waals surface area contributed by atoms with E-state index in [0.29, 0.717) is 16.9 Å². The SMILES string of the molecule is O=[N+]([O-])c1ccc(I)c(Oc2nc(C3CC3)ns2)c1. The molecule has 19 heavy (non-hydrogen) atoms. The minimum absolute atomic E-state index is 0.00217. The Labute approximate surface area is 126 Å². The number of nitro groups is 1. The molecule has 0 spiro atoms. The van der Waals surface area contributed by atoms with Crippen molar-refractivity contribution in [3.8, 4) is 10.9 Å². The molecule has 1 aliphatic rings. The lowest BCUT2D eigenvalue weighted by molar-refractivity contribution is -0.384. The molecule has 0 aliphatic heterocycles. The summed E-state index contributed by atoms with van der Waals surface area (Å²) >= 11 is 3.25. The summed E-state index contributed by atoms with van der Waals surface area (Å²) in [4.78, 5) is 14.6. The summed E-state index contributed by atoms with van der Waals surface area (Å²) in [6, 6.07) is 4.50. The monoisotopic (exact) mass is 389 g/mol. The van der Waals surface area contributed by atoms with Gasteiger partial charge < -0.3 is 4.74 Å². The third-order valence-electron chi connectivity index (χ3n) is 2.69. The van der Waals surface area contributed by atoms with E-state index in [2.05, 4.69) is 31.9 Å². The first-order chi connectivity index (χ1) is 9.13. The van der Waals surface area contributed by atoms with E-state index in [1.807, 2.05) is 0 Å². The lowest BCUT2D eigenvalue weighted by Crippen LogP contribution is -1.92. The smallest absolute Gasteiger partial charge is 0.298 e. The summed E-state index contributed by atoms with van der Waals surface area (Å²) < 4.78 is 10.6. The van der Waals surface area contributed by atoms with Gasteiger partial charge in [0.1, 0.15) is 5.82 Å². The molecule has 1 aromatic carbocycles. The van der Waals surface area contributed by atoms with E-state index in [1.54, 1.807) is 6.07 Å². The first-order valence-electron chi connectivity index (χ1n) is 5.59. The number of rotatable bonds is 4. The summed E-state index contributed by atoms with van der Waals surface area (Å²) in [7, 11) is 0. The third-order valence-corrected chi connectivity index (χ3v) is 4.19. The van der Waals surface area contributed by atoms with Crippen LogP contribution in [0.3, 0.4) is 0 Å². The minimum Gasteiger partial charge on any atom is -0.428 e. The van der Waals surface area contributed by atoms with Gasteiger partial charge in [0.25, 0.3) is 10.9 Å². The zero-order valence-corrected chi connectivity index (χ0v) is 12.6. The van der Waals surface area contributed by atoms with Crippen molar-refractivity contribution in [3.05, 3.63) is 37.7 Å². The van der Waals surface area contributed by atoms with E-state index in [0.717, 1.165) is 22.2 Å². The summed E-state index contributed by atoms with van der Waals surface area (Å²) in [5, 5.41) is 11.2. The van der Waals surface area contributed by atoms with Crippen LogP contribution in [0.4, 0.5) is 5.69 Å². The number of nitro benzene ring substituents is 1. The summed E-state index contributed by atoms with van der Waals surface area (Å²) in [6.45, 7) is 0. The number of non-ortho nitro benzene ring substituents is 1. The Bertz CT molecular complexity index is 642.